The summed E-state index contributed by atoms with van der Waals surface area (Å²) in [6.07, 6.45) is 1.47. The van der Waals surface area contributed by atoms with Crippen molar-refractivity contribution >= 4 is 11.6 Å². The van der Waals surface area contributed by atoms with Gasteiger partial charge >= 0.3 is 0 Å². The lowest BCUT2D eigenvalue weighted by Crippen LogP contribution is -2.35. The van der Waals surface area contributed by atoms with Crippen LogP contribution in [0.1, 0.15) is 34.3 Å². The van der Waals surface area contributed by atoms with Crippen molar-refractivity contribution in [2.24, 2.45) is 0 Å². The molecule has 126 valence electrons. The van der Waals surface area contributed by atoms with Crippen LogP contribution in [0.4, 0.5) is 5.69 Å². The van der Waals surface area contributed by atoms with E-state index in [2.05, 4.69) is 16.3 Å². The number of aliphatic hydroxyl groups excluding tert-OH is 1. The summed E-state index contributed by atoms with van der Waals surface area (Å²) in [5.74, 6) is -0.0831. The number of likely N-dealkylation sites (tertiary alicyclic amines) is 1. The maximum absolute atomic E-state index is 12.5. The molecular formula is C20H24N2O2. The Labute approximate surface area is 143 Å². The number of anilines is 1. The molecule has 0 bridgehead atoms. The second-order valence-electron chi connectivity index (χ2n) is 6.49. The SMILES string of the molecule is Cc1cccc(C(=O)Nc2ccccc2CN2CCC(O)CC2)c1. The third-order valence-corrected chi connectivity index (χ3v) is 4.50. The van der Waals surface area contributed by atoms with Crippen molar-refractivity contribution < 1.29 is 9.90 Å². The highest BCUT2D eigenvalue weighted by Gasteiger charge is 2.18. The number of piperidine rings is 1. The summed E-state index contributed by atoms with van der Waals surface area (Å²) in [5.41, 5.74) is 3.71. The van der Waals surface area contributed by atoms with Crippen molar-refractivity contribution in [3.05, 3.63) is 65.2 Å². The van der Waals surface area contributed by atoms with Crippen LogP contribution >= 0.6 is 0 Å². The number of nitrogens with one attached hydrogen (secondary N) is 1. The first kappa shape index (κ1) is 16.7. The number of rotatable bonds is 4. The zero-order valence-electron chi connectivity index (χ0n) is 14.0. The zero-order valence-corrected chi connectivity index (χ0v) is 14.0. The molecule has 4 nitrogen and oxygen atoms in total. The van der Waals surface area contributed by atoms with Gasteiger partial charge in [-0.25, -0.2) is 0 Å². The van der Waals surface area contributed by atoms with Gasteiger partial charge in [-0.2, -0.15) is 0 Å². The van der Waals surface area contributed by atoms with Crippen LogP contribution in [-0.2, 0) is 6.54 Å². The number of carbonyl (C=O) groups is 1. The molecule has 0 unspecified atom stereocenters. The van der Waals surface area contributed by atoms with Crippen molar-refractivity contribution in [2.45, 2.75) is 32.4 Å². The minimum atomic E-state index is -0.169. The average molecular weight is 324 g/mol. The molecule has 2 aromatic carbocycles. The largest absolute Gasteiger partial charge is 0.393 e. The molecule has 2 N–H and O–H groups in total. The summed E-state index contributed by atoms with van der Waals surface area (Å²) in [4.78, 5) is 14.8. The van der Waals surface area contributed by atoms with Gasteiger partial charge in [-0.15, -0.1) is 0 Å². The highest BCUT2D eigenvalue weighted by molar-refractivity contribution is 6.04. The smallest absolute Gasteiger partial charge is 0.255 e. The molecule has 2 aromatic rings. The van der Waals surface area contributed by atoms with Gasteiger partial charge in [0.15, 0.2) is 0 Å². The van der Waals surface area contributed by atoms with Gasteiger partial charge in [0, 0.05) is 30.9 Å². The lowest BCUT2D eigenvalue weighted by Gasteiger charge is -2.30. The Bertz CT molecular complexity index is 706. The van der Waals surface area contributed by atoms with E-state index in [1.165, 1.54) is 0 Å². The zero-order chi connectivity index (χ0) is 16.9. The van der Waals surface area contributed by atoms with Crippen LogP contribution in [0.2, 0.25) is 0 Å². The topological polar surface area (TPSA) is 52.6 Å². The van der Waals surface area contributed by atoms with Gasteiger partial charge in [0.1, 0.15) is 0 Å². The maximum Gasteiger partial charge on any atom is 0.255 e. The number of hydrogen-bond acceptors (Lipinski definition) is 3. The Kier molecular flexibility index (Phi) is 5.28. The Morgan fingerprint density at radius 2 is 1.92 bits per heavy atom. The highest BCUT2D eigenvalue weighted by atomic mass is 16.3. The fourth-order valence-electron chi connectivity index (χ4n) is 3.08. The molecule has 0 saturated carbocycles. The van der Waals surface area contributed by atoms with E-state index in [1.54, 1.807) is 0 Å². The van der Waals surface area contributed by atoms with Gasteiger partial charge in [0.05, 0.1) is 6.10 Å². The number of benzene rings is 2. The molecule has 1 amide bonds. The Hall–Kier alpha value is -2.17. The second-order valence-corrected chi connectivity index (χ2v) is 6.49. The normalized spacial score (nSPS) is 16.1. The molecule has 1 fully saturated rings. The van der Waals surface area contributed by atoms with E-state index < -0.39 is 0 Å². The Morgan fingerprint density at radius 3 is 2.67 bits per heavy atom. The predicted octanol–water partition coefficient (Wildman–Crippen LogP) is 3.20. The summed E-state index contributed by atoms with van der Waals surface area (Å²) in [5, 5.41) is 12.7. The minimum Gasteiger partial charge on any atom is -0.393 e. The first-order valence-electron chi connectivity index (χ1n) is 8.48. The average Bonchev–Trinajstić information content (AvgIpc) is 2.58. The molecule has 4 heteroatoms. The monoisotopic (exact) mass is 324 g/mol. The van der Waals surface area contributed by atoms with E-state index in [-0.39, 0.29) is 12.0 Å². The summed E-state index contributed by atoms with van der Waals surface area (Å²) in [6.45, 7) is 4.55. The van der Waals surface area contributed by atoms with Gasteiger partial charge in [-0.3, -0.25) is 9.69 Å². The van der Waals surface area contributed by atoms with E-state index in [4.69, 9.17) is 0 Å². The third kappa shape index (κ3) is 4.22. The first-order chi connectivity index (χ1) is 11.6. The van der Waals surface area contributed by atoms with Crippen LogP contribution in [-0.4, -0.2) is 35.1 Å². The molecule has 24 heavy (non-hydrogen) atoms. The van der Waals surface area contributed by atoms with Gasteiger partial charge < -0.3 is 10.4 Å². The van der Waals surface area contributed by atoms with Crippen LogP contribution in [0.3, 0.4) is 0 Å². The van der Waals surface area contributed by atoms with Gasteiger partial charge in [0.25, 0.3) is 5.91 Å². The van der Waals surface area contributed by atoms with Gasteiger partial charge in [-0.1, -0.05) is 35.9 Å². The van der Waals surface area contributed by atoms with Crippen molar-refractivity contribution in [2.75, 3.05) is 18.4 Å². The van der Waals surface area contributed by atoms with Crippen LogP contribution in [0.5, 0.6) is 0 Å². The molecule has 0 atom stereocenters. The van der Waals surface area contributed by atoms with E-state index in [1.807, 2.05) is 49.4 Å². The Morgan fingerprint density at radius 1 is 1.17 bits per heavy atom. The predicted molar refractivity (Wildman–Crippen MR) is 96.1 cm³/mol. The van der Waals surface area contributed by atoms with Crippen LogP contribution in [0.25, 0.3) is 0 Å². The van der Waals surface area contributed by atoms with E-state index in [9.17, 15) is 9.90 Å². The van der Waals surface area contributed by atoms with Crippen LogP contribution in [0, 0.1) is 6.92 Å². The molecule has 1 saturated heterocycles. The standard InChI is InChI=1S/C20H24N2O2/c1-15-5-4-7-16(13-15)20(24)21-19-8-3-2-6-17(19)14-22-11-9-18(23)10-12-22/h2-8,13,18,23H,9-12,14H2,1H3,(H,21,24). The van der Waals surface area contributed by atoms with E-state index >= 15 is 0 Å². The van der Waals surface area contributed by atoms with E-state index in [0.717, 1.165) is 49.3 Å². The maximum atomic E-state index is 12.5. The number of carbonyl (C=O) groups excluding carboxylic acids is 1. The number of hydrogen-bond donors (Lipinski definition) is 2. The Balaban J connectivity index is 1.71. The summed E-state index contributed by atoms with van der Waals surface area (Å²) < 4.78 is 0. The molecule has 1 heterocycles. The molecule has 1 aliphatic heterocycles. The van der Waals surface area contributed by atoms with Crippen molar-refractivity contribution in [3.8, 4) is 0 Å². The first-order valence-corrected chi connectivity index (χ1v) is 8.48. The minimum absolute atomic E-state index is 0.0831. The molecule has 3 rings (SSSR count). The lowest BCUT2D eigenvalue weighted by molar-refractivity contribution is 0.0793. The quantitative estimate of drug-likeness (QED) is 0.908. The second kappa shape index (κ2) is 7.60. The summed E-state index contributed by atoms with van der Waals surface area (Å²) in [6, 6.07) is 15.5. The summed E-state index contributed by atoms with van der Waals surface area (Å²) >= 11 is 0. The molecule has 1 aliphatic rings. The van der Waals surface area contributed by atoms with Crippen LogP contribution < -0.4 is 5.32 Å². The lowest BCUT2D eigenvalue weighted by atomic mass is 10.1. The van der Waals surface area contributed by atoms with Crippen LogP contribution in [0.15, 0.2) is 48.5 Å². The number of para-hydroxylation sites is 1. The number of aryl methyl sites for hydroxylation is 1. The highest BCUT2D eigenvalue weighted by Crippen LogP contribution is 2.21. The molecule has 0 radical (unpaired) electrons. The van der Waals surface area contributed by atoms with Crippen molar-refractivity contribution in [1.29, 1.82) is 0 Å². The number of aliphatic hydroxyl groups is 1. The number of nitrogens with zero attached hydrogens (tertiary/aromatic N) is 1. The molecule has 0 spiro atoms. The number of amides is 1. The van der Waals surface area contributed by atoms with Crippen molar-refractivity contribution in [1.82, 2.24) is 4.90 Å². The summed E-state index contributed by atoms with van der Waals surface area (Å²) in [7, 11) is 0. The van der Waals surface area contributed by atoms with E-state index in [0.29, 0.717) is 5.56 Å². The third-order valence-electron chi connectivity index (χ3n) is 4.50. The van der Waals surface area contributed by atoms with Crippen molar-refractivity contribution in [3.63, 3.8) is 0 Å². The molecule has 0 aliphatic carbocycles. The molecule has 0 aromatic heterocycles. The fourth-order valence-corrected chi connectivity index (χ4v) is 3.08. The molecular weight excluding hydrogens is 300 g/mol. The fraction of sp³-hybridized carbons (Fsp3) is 0.350. The van der Waals surface area contributed by atoms with Gasteiger partial charge in [0.2, 0.25) is 0 Å². The van der Waals surface area contributed by atoms with Gasteiger partial charge in [-0.05, 0) is 43.5 Å².